The van der Waals surface area contributed by atoms with Crippen molar-refractivity contribution in [2.45, 2.75) is 27.2 Å². The first kappa shape index (κ1) is 18.0. The Morgan fingerprint density at radius 2 is 2.00 bits per heavy atom. The number of ether oxygens (including phenoxy) is 1. The molecule has 0 aliphatic carbocycles. The summed E-state index contributed by atoms with van der Waals surface area (Å²) in [5.74, 6) is 0.559. The summed E-state index contributed by atoms with van der Waals surface area (Å²) in [6.45, 7) is 6.51. The molecular weight excluding hydrogens is 306 g/mol. The fourth-order valence-corrected chi connectivity index (χ4v) is 2.37. The van der Waals surface area contributed by atoms with Crippen molar-refractivity contribution in [3.05, 3.63) is 41.7 Å². The van der Waals surface area contributed by atoms with E-state index >= 15 is 0 Å². The van der Waals surface area contributed by atoms with Crippen molar-refractivity contribution in [1.29, 1.82) is 0 Å². The number of aliphatic hydroxyl groups excluding tert-OH is 1. The maximum atomic E-state index is 12.3. The lowest BCUT2D eigenvalue weighted by molar-refractivity contribution is 0.0922. The molecular formula is C18H25N3O3. The number of rotatable bonds is 7. The van der Waals surface area contributed by atoms with Crippen LogP contribution in [0.15, 0.2) is 30.3 Å². The topological polar surface area (TPSA) is 76.4 Å². The predicted octanol–water partition coefficient (Wildman–Crippen LogP) is 2.33. The number of carbonyl (C=O) groups excluding carboxylic acids is 1. The van der Waals surface area contributed by atoms with Gasteiger partial charge in [-0.3, -0.25) is 4.79 Å². The number of aryl methyl sites for hydroxylation is 1. The first-order valence-corrected chi connectivity index (χ1v) is 7.96. The molecule has 130 valence electrons. The summed E-state index contributed by atoms with van der Waals surface area (Å²) >= 11 is 0. The van der Waals surface area contributed by atoms with Crippen LogP contribution < -0.4 is 10.1 Å². The van der Waals surface area contributed by atoms with Crippen LogP contribution in [0, 0.1) is 12.3 Å². The van der Waals surface area contributed by atoms with Gasteiger partial charge in [0.1, 0.15) is 5.75 Å². The molecule has 0 bridgehead atoms. The third-order valence-corrected chi connectivity index (χ3v) is 3.95. The molecule has 2 rings (SSSR count). The zero-order valence-corrected chi connectivity index (χ0v) is 14.7. The zero-order chi connectivity index (χ0) is 17.7. The van der Waals surface area contributed by atoms with Crippen molar-refractivity contribution in [1.82, 2.24) is 15.1 Å². The van der Waals surface area contributed by atoms with Crippen LogP contribution >= 0.6 is 0 Å². The van der Waals surface area contributed by atoms with Gasteiger partial charge in [0.25, 0.3) is 5.91 Å². The van der Waals surface area contributed by atoms with Crippen LogP contribution in [-0.2, 0) is 0 Å². The monoisotopic (exact) mass is 331 g/mol. The highest BCUT2D eigenvalue weighted by molar-refractivity contribution is 5.92. The highest BCUT2D eigenvalue weighted by Gasteiger charge is 2.20. The quantitative estimate of drug-likeness (QED) is 0.816. The molecule has 1 heterocycles. The second-order valence-electron chi connectivity index (χ2n) is 6.60. The van der Waals surface area contributed by atoms with Crippen LogP contribution in [0.3, 0.4) is 0 Å². The Bertz CT molecular complexity index is 690. The van der Waals surface area contributed by atoms with Gasteiger partial charge in [-0.15, -0.1) is 0 Å². The molecule has 0 unspecified atom stereocenters. The normalized spacial score (nSPS) is 11.4. The largest absolute Gasteiger partial charge is 0.497 e. The predicted molar refractivity (Wildman–Crippen MR) is 92.7 cm³/mol. The average Bonchev–Trinajstić information content (AvgIpc) is 2.95. The number of carbonyl (C=O) groups is 1. The summed E-state index contributed by atoms with van der Waals surface area (Å²) < 4.78 is 6.88. The highest BCUT2D eigenvalue weighted by Crippen LogP contribution is 2.19. The Labute approximate surface area is 142 Å². The molecule has 1 aromatic carbocycles. The molecule has 24 heavy (non-hydrogen) atoms. The smallest absolute Gasteiger partial charge is 0.271 e. The molecule has 6 heteroatoms. The minimum absolute atomic E-state index is 0.105. The number of nitrogens with one attached hydrogen (secondary N) is 1. The molecule has 2 aromatic rings. The molecule has 2 N–H and O–H groups in total. The van der Waals surface area contributed by atoms with Crippen molar-refractivity contribution in [2.75, 3.05) is 20.3 Å². The first-order valence-electron chi connectivity index (χ1n) is 7.96. The number of nitrogens with zero attached hydrogens (tertiary/aromatic N) is 2. The van der Waals surface area contributed by atoms with Crippen molar-refractivity contribution >= 4 is 5.91 Å². The van der Waals surface area contributed by atoms with Gasteiger partial charge in [-0.1, -0.05) is 13.8 Å². The van der Waals surface area contributed by atoms with E-state index in [0.717, 1.165) is 17.1 Å². The van der Waals surface area contributed by atoms with Gasteiger partial charge in [0.05, 0.1) is 12.8 Å². The fraction of sp³-hybridized carbons (Fsp3) is 0.444. The molecule has 1 aromatic heterocycles. The van der Waals surface area contributed by atoms with E-state index in [-0.39, 0.29) is 17.9 Å². The third kappa shape index (κ3) is 4.35. The number of methoxy groups -OCH3 is 1. The number of hydrogen-bond donors (Lipinski definition) is 2. The lowest BCUT2D eigenvalue weighted by atomic mass is 9.90. The van der Waals surface area contributed by atoms with Gasteiger partial charge >= 0.3 is 0 Å². The number of hydrogen-bond acceptors (Lipinski definition) is 4. The number of benzene rings is 1. The SMILES string of the molecule is COc1ccc(-n2nc(C(=O)NCC(C)(C)CCO)cc2C)cc1. The summed E-state index contributed by atoms with van der Waals surface area (Å²) in [6.07, 6.45) is 0.632. The molecule has 6 nitrogen and oxygen atoms in total. The van der Waals surface area contributed by atoms with Crippen molar-refractivity contribution in [3.63, 3.8) is 0 Å². The number of aromatic nitrogens is 2. The zero-order valence-electron chi connectivity index (χ0n) is 14.7. The van der Waals surface area contributed by atoms with Crippen LogP contribution in [0.4, 0.5) is 0 Å². The van der Waals surface area contributed by atoms with E-state index < -0.39 is 0 Å². The molecule has 0 saturated heterocycles. The molecule has 0 atom stereocenters. The van der Waals surface area contributed by atoms with Gasteiger partial charge in [-0.25, -0.2) is 4.68 Å². The average molecular weight is 331 g/mol. The maximum Gasteiger partial charge on any atom is 0.271 e. The Hall–Kier alpha value is -2.34. The Morgan fingerprint density at radius 3 is 2.58 bits per heavy atom. The summed E-state index contributed by atoms with van der Waals surface area (Å²) in [6, 6.07) is 9.26. The molecule has 0 radical (unpaired) electrons. The third-order valence-electron chi connectivity index (χ3n) is 3.95. The second kappa shape index (κ2) is 7.49. The van der Waals surface area contributed by atoms with Gasteiger partial charge in [-0.05, 0) is 49.1 Å². The van der Waals surface area contributed by atoms with Crippen molar-refractivity contribution in [3.8, 4) is 11.4 Å². The molecule has 1 amide bonds. The van der Waals surface area contributed by atoms with Crippen LogP contribution in [0.25, 0.3) is 5.69 Å². The van der Waals surface area contributed by atoms with Gasteiger partial charge in [-0.2, -0.15) is 5.10 Å². The molecule has 0 aliphatic rings. The Morgan fingerprint density at radius 1 is 1.33 bits per heavy atom. The number of aliphatic hydroxyl groups is 1. The fourth-order valence-electron chi connectivity index (χ4n) is 2.37. The van der Waals surface area contributed by atoms with E-state index in [4.69, 9.17) is 9.84 Å². The summed E-state index contributed by atoms with van der Waals surface area (Å²) in [4.78, 5) is 12.3. The minimum Gasteiger partial charge on any atom is -0.497 e. The van der Waals surface area contributed by atoms with E-state index in [1.807, 2.05) is 45.0 Å². The van der Waals surface area contributed by atoms with Gasteiger partial charge in [0.2, 0.25) is 0 Å². The van der Waals surface area contributed by atoms with E-state index in [2.05, 4.69) is 10.4 Å². The lowest BCUT2D eigenvalue weighted by Gasteiger charge is -2.23. The van der Waals surface area contributed by atoms with Crippen molar-refractivity contribution in [2.24, 2.45) is 5.41 Å². The van der Waals surface area contributed by atoms with Crippen LogP contribution in [0.2, 0.25) is 0 Å². The first-order chi connectivity index (χ1) is 11.4. The molecule has 0 fully saturated rings. The Balaban J connectivity index is 2.11. The van der Waals surface area contributed by atoms with Crippen LogP contribution in [0.1, 0.15) is 36.5 Å². The van der Waals surface area contributed by atoms with E-state index in [1.165, 1.54) is 0 Å². The van der Waals surface area contributed by atoms with Gasteiger partial charge in [0.15, 0.2) is 5.69 Å². The Kier molecular flexibility index (Phi) is 5.62. The van der Waals surface area contributed by atoms with Crippen molar-refractivity contribution < 1.29 is 14.6 Å². The van der Waals surface area contributed by atoms with Crippen LogP contribution in [0.5, 0.6) is 5.75 Å². The van der Waals surface area contributed by atoms with Crippen LogP contribution in [-0.4, -0.2) is 41.1 Å². The molecule has 0 aliphatic heterocycles. The standard InChI is InChI=1S/C18H25N3O3/c1-13-11-16(17(23)19-12-18(2,3)9-10-22)20-21(13)14-5-7-15(24-4)8-6-14/h5-8,11,22H,9-10,12H2,1-4H3,(H,19,23). The second-order valence-corrected chi connectivity index (χ2v) is 6.60. The maximum absolute atomic E-state index is 12.3. The molecule has 0 spiro atoms. The van der Waals surface area contributed by atoms with E-state index in [9.17, 15) is 4.79 Å². The molecule has 0 saturated carbocycles. The minimum atomic E-state index is -0.212. The lowest BCUT2D eigenvalue weighted by Crippen LogP contribution is -2.34. The van der Waals surface area contributed by atoms with Gasteiger partial charge in [0, 0.05) is 18.8 Å². The summed E-state index contributed by atoms with van der Waals surface area (Å²) in [7, 11) is 1.62. The van der Waals surface area contributed by atoms with E-state index in [1.54, 1.807) is 17.9 Å². The highest BCUT2D eigenvalue weighted by atomic mass is 16.5. The van der Waals surface area contributed by atoms with Gasteiger partial charge < -0.3 is 15.2 Å². The summed E-state index contributed by atoms with van der Waals surface area (Å²) in [5.41, 5.74) is 1.97. The van der Waals surface area contributed by atoms with E-state index in [0.29, 0.717) is 18.7 Å². The number of amides is 1. The summed E-state index contributed by atoms with van der Waals surface area (Å²) in [5, 5.41) is 16.3.